The number of carbonyl (C=O) groups is 2. The van der Waals surface area contributed by atoms with E-state index in [1.807, 2.05) is 32.5 Å². The smallest absolute Gasteiger partial charge is 0.410 e. The number of aromatic nitrogens is 2. The lowest BCUT2D eigenvalue weighted by Gasteiger charge is -2.30. The van der Waals surface area contributed by atoms with Gasteiger partial charge >= 0.3 is 6.09 Å². The molecule has 0 radical (unpaired) electrons. The molecule has 0 saturated carbocycles. The third-order valence-electron chi connectivity index (χ3n) is 5.24. The molecule has 0 fully saturated rings. The molecule has 0 saturated heterocycles. The van der Waals surface area contributed by atoms with Crippen LogP contribution in [-0.4, -0.2) is 44.5 Å². The minimum absolute atomic E-state index is 0.0772. The number of fused-ring (bicyclic) bond motifs is 1. The molecule has 9 heteroatoms. The van der Waals surface area contributed by atoms with Gasteiger partial charge in [0.25, 0.3) is 0 Å². The van der Waals surface area contributed by atoms with Crippen molar-refractivity contribution >= 4 is 12.0 Å². The summed E-state index contributed by atoms with van der Waals surface area (Å²) in [6.07, 6.45) is 7.84. The molecule has 0 unspecified atom stereocenters. The largest absolute Gasteiger partial charge is 0.444 e. The monoisotopic (exact) mass is 414 g/mol. The molecule has 0 aliphatic carbocycles. The van der Waals surface area contributed by atoms with E-state index in [0.717, 1.165) is 17.0 Å². The molecule has 162 valence electrons. The molecule has 30 heavy (non-hydrogen) atoms. The van der Waals surface area contributed by atoms with Crippen molar-refractivity contribution in [3.8, 4) is 12.3 Å². The highest BCUT2D eigenvalue weighted by molar-refractivity contribution is 5.76. The third-order valence-corrected chi connectivity index (χ3v) is 5.24. The van der Waals surface area contributed by atoms with E-state index in [4.69, 9.17) is 11.2 Å². The molecule has 0 aromatic carbocycles. The topological polar surface area (TPSA) is 101 Å². The number of amides is 2. The summed E-state index contributed by atoms with van der Waals surface area (Å²) in [4.78, 5) is 26.4. The Balaban J connectivity index is 1.55. The molecule has 2 amide bonds. The molecule has 2 aliphatic rings. The van der Waals surface area contributed by atoms with Crippen LogP contribution in [0.25, 0.3) is 0 Å². The van der Waals surface area contributed by atoms with Gasteiger partial charge in [0.2, 0.25) is 5.91 Å². The van der Waals surface area contributed by atoms with Crippen LogP contribution in [-0.2, 0) is 36.1 Å². The van der Waals surface area contributed by atoms with Gasteiger partial charge in [0.05, 0.1) is 18.8 Å². The normalized spacial score (nSPS) is 16.6. The van der Waals surface area contributed by atoms with Crippen molar-refractivity contribution in [1.82, 2.24) is 20.0 Å². The van der Waals surface area contributed by atoms with Gasteiger partial charge in [-0.15, -0.1) is 12.3 Å². The van der Waals surface area contributed by atoms with Crippen molar-refractivity contribution in [2.45, 2.75) is 77.2 Å². The standard InChI is InChI=1S/C21H30N6O3/c1-6-7-10-21(24-25-21)11-8-18(28)22-13-16-15-14-27(19(29)30-20(2,3)4)12-9-17(15)26(5)23-16/h1H,7-14H2,2-5H3,(H,22,28). The first-order chi connectivity index (χ1) is 14.1. The van der Waals surface area contributed by atoms with E-state index in [2.05, 4.69) is 26.6 Å². The molecule has 1 aromatic heterocycles. The molecule has 0 spiro atoms. The van der Waals surface area contributed by atoms with Gasteiger partial charge in [-0.25, -0.2) is 4.79 Å². The zero-order chi connectivity index (χ0) is 21.9. The molecule has 0 atom stereocenters. The number of nitrogens with zero attached hydrogens (tertiary/aromatic N) is 5. The summed E-state index contributed by atoms with van der Waals surface area (Å²) in [6, 6.07) is 0. The highest BCUT2D eigenvalue weighted by Crippen LogP contribution is 2.37. The number of ether oxygens (including phenoxy) is 1. The first-order valence-electron chi connectivity index (χ1n) is 10.3. The quantitative estimate of drug-likeness (QED) is 0.693. The van der Waals surface area contributed by atoms with Crippen molar-refractivity contribution in [2.24, 2.45) is 17.3 Å². The van der Waals surface area contributed by atoms with Crippen LogP contribution in [0.15, 0.2) is 10.2 Å². The van der Waals surface area contributed by atoms with Crippen molar-refractivity contribution in [1.29, 1.82) is 0 Å². The predicted octanol–water partition coefficient (Wildman–Crippen LogP) is 2.69. The fourth-order valence-corrected chi connectivity index (χ4v) is 3.55. The van der Waals surface area contributed by atoms with Crippen molar-refractivity contribution < 1.29 is 14.3 Å². The van der Waals surface area contributed by atoms with Gasteiger partial charge in [-0.05, 0) is 20.8 Å². The lowest BCUT2D eigenvalue weighted by molar-refractivity contribution is -0.121. The predicted molar refractivity (Wildman–Crippen MR) is 110 cm³/mol. The average Bonchev–Trinajstić information content (AvgIpc) is 3.39. The van der Waals surface area contributed by atoms with Crippen LogP contribution in [0.3, 0.4) is 0 Å². The van der Waals surface area contributed by atoms with E-state index in [-0.39, 0.29) is 12.0 Å². The van der Waals surface area contributed by atoms with Gasteiger partial charge in [0.15, 0.2) is 5.66 Å². The average molecular weight is 415 g/mol. The van der Waals surface area contributed by atoms with Crippen molar-refractivity contribution in [2.75, 3.05) is 6.54 Å². The highest BCUT2D eigenvalue weighted by atomic mass is 16.6. The SMILES string of the molecule is C#CCCC1(CCC(=O)NCc2nn(C)c3c2CN(C(=O)OC(C)(C)C)CC3)N=N1. The second-order valence-corrected chi connectivity index (χ2v) is 8.81. The van der Waals surface area contributed by atoms with Crippen LogP contribution in [0.2, 0.25) is 0 Å². The Morgan fingerprint density at radius 2 is 2.03 bits per heavy atom. The first kappa shape index (κ1) is 21.8. The minimum atomic E-state index is -0.541. The maximum atomic E-state index is 12.4. The first-order valence-corrected chi connectivity index (χ1v) is 10.3. The molecule has 3 rings (SSSR count). The Morgan fingerprint density at radius 1 is 1.30 bits per heavy atom. The summed E-state index contributed by atoms with van der Waals surface area (Å²) < 4.78 is 7.33. The number of hydrogen-bond acceptors (Lipinski definition) is 6. The Kier molecular flexibility index (Phi) is 6.15. The Morgan fingerprint density at radius 3 is 2.67 bits per heavy atom. The number of terminal acetylenes is 1. The van der Waals surface area contributed by atoms with Crippen molar-refractivity contribution in [3.63, 3.8) is 0 Å². The van der Waals surface area contributed by atoms with Crippen LogP contribution in [0.5, 0.6) is 0 Å². The highest BCUT2D eigenvalue weighted by Gasteiger charge is 2.39. The molecular formula is C21H30N6O3. The summed E-state index contributed by atoms with van der Waals surface area (Å²) in [5.41, 5.74) is 1.84. The molecule has 1 N–H and O–H groups in total. The van der Waals surface area contributed by atoms with Crippen LogP contribution in [0.1, 0.15) is 63.4 Å². The number of rotatable bonds is 7. The van der Waals surface area contributed by atoms with Crippen LogP contribution < -0.4 is 5.32 Å². The summed E-state index contributed by atoms with van der Waals surface area (Å²) in [7, 11) is 1.89. The fourth-order valence-electron chi connectivity index (χ4n) is 3.55. The van der Waals surface area contributed by atoms with Gasteiger partial charge in [0.1, 0.15) is 5.60 Å². The van der Waals surface area contributed by atoms with E-state index >= 15 is 0 Å². The second kappa shape index (κ2) is 8.46. The van der Waals surface area contributed by atoms with Crippen LogP contribution in [0.4, 0.5) is 4.79 Å². The lowest BCUT2D eigenvalue weighted by atomic mass is 10.0. The summed E-state index contributed by atoms with van der Waals surface area (Å²) in [5.74, 6) is 2.51. The number of hydrogen-bond donors (Lipinski definition) is 1. The maximum absolute atomic E-state index is 12.4. The van der Waals surface area contributed by atoms with Gasteiger partial charge in [-0.3, -0.25) is 9.48 Å². The molecule has 0 bridgehead atoms. The maximum Gasteiger partial charge on any atom is 0.410 e. The zero-order valence-electron chi connectivity index (χ0n) is 18.2. The molecule has 9 nitrogen and oxygen atoms in total. The third kappa shape index (κ3) is 5.38. The van der Waals surface area contributed by atoms with Gasteiger partial charge < -0.3 is 15.0 Å². The van der Waals surface area contributed by atoms with E-state index in [9.17, 15) is 9.59 Å². The van der Waals surface area contributed by atoms with Gasteiger partial charge in [-0.2, -0.15) is 15.3 Å². The second-order valence-electron chi connectivity index (χ2n) is 8.81. The van der Waals surface area contributed by atoms with E-state index in [1.165, 1.54) is 0 Å². The molecule has 2 aliphatic heterocycles. The molecule has 1 aromatic rings. The number of carbonyl (C=O) groups excluding carboxylic acids is 2. The Bertz CT molecular complexity index is 884. The van der Waals surface area contributed by atoms with Crippen molar-refractivity contribution in [3.05, 3.63) is 17.0 Å². The Hall–Kier alpha value is -2.89. The number of aryl methyl sites for hydroxylation is 1. The van der Waals surface area contributed by atoms with E-state index < -0.39 is 11.3 Å². The molecular weight excluding hydrogens is 384 g/mol. The van der Waals surface area contributed by atoms with Crippen LogP contribution >= 0.6 is 0 Å². The van der Waals surface area contributed by atoms with E-state index in [1.54, 1.807) is 4.90 Å². The molecule has 3 heterocycles. The van der Waals surface area contributed by atoms with Gasteiger partial charge in [-0.1, -0.05) is 0 Å². The zero-order valence-corrected chi connectivity index (χ0v) is 18.2. The minimum Gasteiger partial charge on any atom is -0.444 e. The lowest BCUT2D eigenvalue weighted by Crippen LogP contribution is -2.40. The summed E-state index contributed by atoms with van der Waals surface area (Å²) in [5, 5.41) is 15.6. The van der Waals surface area contributed by atoms with E-state index in [0.29, 0.717) is 51.7 Å². The fraction of sp³-hybridized carbons (Fsp3) is 0.667. The number of nitrogens with one attached hydrogen (secondary N) is 1. The summed E-state index contributed by atoms with van der Waals surface area (Å²) in [6.45, 7) is 6.88. The summed E-state index contributed by atoms with van der Waals surface area (Å²) >= 11 is 0. The Labute approximate surface area is 177 Å². The van der Waals surface area contributed by atoms with Gasteiger partial charge in [0, 0.05) is 57.0 Å². The van der Waals surface area contributed by atoms with Crippen LogP contribution in [0, 0.1) is 12.3 Å².